The molecular formula is C19H28Cl2N2O2. The molecule has 4 nitrogen and oxygen atoms in total. The molecule has 0 aromatic heterocycles. The van der Waals surface area contributed by atoms with Crippen molar-refractivity contribution in [2.75, 3.05) is 19.6 Å². The van der Waals surface area contributed by atoms with E-state index in [4.69, 9.17) is 17.3 Å². The van der Waals surface area contributed by atoms with Crippen LogP contribution in [0.4, 0.5) is 0 Å². The lowest BCUT2D eigenvalue weighted by Crippen LogP contribution is -2.40. The fraction of sp³-hybridized carbons (Fsp3) is 0.579. The number of rotatable bonds is 8. The first-order valence-corrected chi connectivity index (χ1v) is 9.27. The van der Waals surface area contributed by atoms with Crippen molar-refractivity contribution in [3.8, 4) is 0 Å². The van der Waals surface area contributed by atoms with Crippen LogP contribution in [0.15, 0.2) is 24.3 Å². The smallest absolute Gasteiger partial charge is 0.222 e. The van der Waals surface area contributed by atoms with Gasteiger partial charge < -0.3 is 10.6 Å². The van der Waals surface area contributed by atoms with Crippen LogP contribution in [0.2, 0.25) is 5.02 Å². The van der Waals surface area contributed by atoms with Gasteiger partial charge in [-0.25, -0.2) is 0 Å². The van der Waals surface area contributed by atoms with E-state index >= 15 is 0 Å². The lowest BCUT2D eigenvalue weighted by Gasteiger charge is -2.31. The number of Topliss-reactive ketones (excluding diaryl/α,β-unsaturated/α-hetero) is 1. The van der Waals surface area contributed by atoms with Gasteiger partial charge in [-0.05, 0) is 56.5 Å². The minimum atomic E-state index is 0. The molecule has 0 radical (unpaired) electrons. The van der Waals surface area contributed by atoms with Crippen LogP contribution in [0.25, 0.3) is 0 Å². The SMILES string of the molecule is Cl.NCCCCCCC(=O)N1CCC(C(=O)c2ccc(Cl)cc2)CC1. The lowest BCUT2D eigenvalue weighted by molar-refractivity contribution is -0.132. The number of unbranched alkanes of at least 4 members (excludes halogenated alkanes) is 3. The van der Waals surface area contributed by atoms with E-state index in [1.165, 1.54) is 0 Å². The molecular weight excluding hydrogens is 359 g/mol. The molecule has 0 unspecified atom stereocenters. The summed E-state index contributed by atoms with van der Waals surface area (Å²) < 4.78 is 0. The second kappa shape index (κ2) is 11.5. The highest BCUT2D eigenvalue weighted by Crippen LogP contribution is 2.23. The summed E-state index contributed by atoms with van der Waals surface area (Å²) in [5, 5.41) is 0.637. The first kappa shape index (κ1) is 21.9. The van der Waals surface area contributed by atoms with Gasteiger partial charge in [0, 0.05) is 36.0 Å². The maximum atomic E-state index is 12.5. The molecule has 6 heteroatoms. The normalized spacial score (nSPS) is 14.9. The van der Waals surface area contributed by atoms with Gasteiger partial charge in [-0.15, -0.1) is 12.4 Å². The van der Waals surface area contributed by atoms with Gasteiger partial charge in [0.1, 0.15) is 0 Å². The van der Waals surface area contributed by atoms with Crippen LogP contribution in [0.3, 0.4) is 0 Å². The summed E-state index contributed by atoms with van der Waals surface area (Å²) in [6, 6.07) is 7.06. The molecule has 0 bridgehead atoms. The van der Waals surface area contributed by atoms with Crippen LogP contribution < -0.4 is 5.73 Å². The molecule has 25 heavy (non-hydrogen) atoms. The topological polar surface area (TPSA) is 63.4 Å². The molecule has 0 atom stereocenters. The Morgan fingerprint density at radius 2 is 1.64 bits per heavy atom. The van der Waals surface area contributed by atoms with E-state index in [0.717, 1.165) is 45.1 Å². The van der Waals surface area contributed by atoms with Gasteiger partial charge in [-0.3, -0.25) is 9.59 Å². The molecule has 0 aliphatic carbocycles. The van der Waals surface area contributed by atoms with Crippen molar-refractivity contribution >= 4 is 35.7 Å². The molecule has 1 aliphatic rings. The molecule has 1 heterocycles. The van der Waals surface area contributed by atoms with Crippen LogP contribution in [-0.2, 0) is 4.79 Å². The maximum absolute atomic E-state index is 12.5. The minimum absolute atomic E-state index is 0. The molecule has 1 aliphatic heterocycles. The number of halogens is 2. The third kappa shape index (κ3) is 6.96. The highest BCUT2D eigenvalue weighted by atomic mass is 35.5. The van der Waals surface area contributed by atoms with Crippen LogP contribution in [0.5, 0.6) is 0 Å². The standard InChI is InChI=1S/C19H27ClN2O2.ClH/c20-17-8-6-15(7-9-17)19(24)16-10-13-22(14-11-16)18(23)5-3-1-2-4-12-21;/h6-9,16H,1-5,10-14,21H2;1H. The molecule has 1 fully saturated rings. The zero-order valence-electron chi connectivity index (χ0n) is 14.6. The van der Waals surface area contributed by atoms with Crippen molar-refractivity contribution in [1.29, 1.82) is 0 Å². The molecule has 0 saturated carbocycles. The van der Waals surface area contributed by atoms with Crippen LogP contribution >= 0.6 is 24.0 Å². The Morgan fingerprint density at radius 3 is 2.24 bits per heavy atom. The Kier molecular flexibility index (Phi) is 10.1. The average molecular weight is 387 g/mol. The van der Waals surface area contributed by atoms with E-state index in [1.807, 2.05) is 4.90 Å². The van der Waals surface area contributed by atoms with E-state index in [0.29, 0.717) is 30.1 Å². The van der Waals surface area contributed by atoms with Gasteiger partial charge in [0.2, 0.25) is 5.91 Å². The first-order chi connectivity index (χ1) is 11.6. The summed E-state index contributed by atoms with van der Waals surface area (Å²) in [6.07, 6.45) is 6.24. The third-order valence-electron chi connectivity index (χ3n) is 4.69. The molecule has 1 amide bonds. The summed E-state index contributed by atoms with van der Waals surface area (Å²) in [5.74, 6) is 0.403. The second-order valence-electron chi connectivity index (χ2n) is 6.48. The van der Waals surface area contributed by atoms with Crippen LogP contribution in [0, 0.1) is 5.92 Å². The summed E-state index contributed by atoms with van der Waals surface area (Å²) in [5.41, 5.74) is 6.18. The number of piperidine rings is 1. The Hall–Kier alpha value is -1.10. The summed E-state index contributed by atoms with van der Waals surface area (Å²) in [7, 11) is 0. The summed E-state index contributed by atoms with van der Waals surface area (Å²) in [4.78, 5) is 26.6. The van der Waals surface area contributed by atoms with E-state index in [1.54, 1.807) is 24.3 Å². The van der Waals surface area contributed by atoms with Gasteiger partial charge >= 0.3 is 0 Å². The van der Waals surface area contributed by atoms with Crippen molar-refractivity contribution < 1.29 is 9.59 Å². The van der Waals surface area contributed by atoms with E-state index < -0.39 is 0 Å². The number of likely N-dealkylation sites (tertiary alicyclic amines) is 1. The lowest BCUT2D eigenvalue weighted by atomic mass is 9.89. The van der Waals surface area contributed by atoms with Crippen molar-refractivity contribution in [3.05, 3.63) is 34.9 Å². The van der Waals surface area contributed by atoms with Crippen molar-refractivity contribution in [2.24, 2.45) is 11.7 Å². The molecule has 2 rings (SSSR count). The number of hydrogen-bond donors (Lipinski definition) is 1. The third-order valence-corrected chi connectivity index (χ3v) is 4.94. The molecule has 1 saturated heterocycles. The number of nitrogens with two attached hydrogens (primary N) is 1. The number of carbonyl (C=O) groups excluding carboxylic acids is 2. The highest BCUT2D eigenvalue weighted by molar-refractivity contribution is 6.30. The number of ketones is 1. The Labute approximate surface area is 161 Å². The fourth-order valence-electron chi connectivity index (χ4n) is 3.17. The maximum Gasteiger partial charge on any atom is 0.222 e. The van der Waals surface area contributed by atoms with Gasteiger partial charge in [0.15, 0.2) is 5.78 Å². The van der Waals surface area contributed by atoms with Crippen molar-refractivity contribution in [2.45, 2.75) is 44.9 Å². The largest absolute Gasteiger partial charge is 0.343 e. The molecule has 140 valence electrons. The van der Waals surface area contributed by atoms with Gasteiger partial charge in [0.25, 0.3) is 0 Å². The van der Waals surface area contributed by atoms with Crippen LogP contribution in [-0.4, -0.2) is 36.2 Å². The predicted molar refractivity (Wildman–Crippen MR) is 104 cm³/mol. The van der Waals surface area contributed by atoms with E-state index in [2.05, 4.69) is 0 Å². The van der Waals surface area contributed by atoms with Crippen molar-refractivity contribution in [3.63, 3.8) is 0 Å². The fourth-order valence-corrected chi connectivity index (χ4v) is 3.30. The Bertz CT molecular complexity index is 541. The monoisotopic (exact) mass is 386 g/mol. The van der Waals surface area contributed by atoms with E-state index in [9.17, 15) is 9.59 Å². The average Bonchev–Trinajstić information content (AvgIpc) is 2.61. The molecule has 1 aromatic carbocycles. The van der Waals surface area contributed by atoms with Crippen LogP contribution in [0.1, 0.15) is 55.3 Å². The quantitative estimate of drug-likeness (QED) is 0.540. The minimum Gasteiger partial charge on any atom is -0.343 e. The number of nitrogens with zero attached hydrogens (tertiary/aromatic N) is 1. The summed E-state index contributed by atoms with van der Waals surface area (Å²) >= 11 is 5.86. The molecule has 0 spiro atoms. The van der Waals surface area contributed by atoms with Gasteiger partial charge in [-0.1, -0.05) is 24.4 Å². The Morgan fingerprint density at radius 1 is 1.04 bits per heavy atom. The predicted octanol–water partition coefficient (Wildman–Crippen LogP) is 4.09. The highest BCUT2D eigenvalue weighted by Gasteiger charge is 2.27. The van der Waals surface area contributed by atoms with E-state index in [-0.39, 0.29) is 30.0 Å². The first-order valence-electron chi connectivity index (χ1n) is 8.89. The number of hydrogen-bond acceptors (Lipinski definition) is 3. The molecule has 1 aromatic rings. The number of amides is 1. The summed E-state index contributed by atoms with van der Waals surface area (Å²) in [6.45, 7) is 2.10. The van der Waals surface area contributed by atoms with Crippen molar-refractivity contribution in [1.82, 2.24) is 4.90 Å². The van der Waals surface area contributed by atoms with Gasteiger partial charge in [0.05, 0.1) is 0 Å². The molecule has 2 N–H and O–H groups in total. The number of benzene rings is 1. The zero-order valence-corrected chi connectivity index (χ0v) is 16.2. The number of carbonyl (C=O) groups is 2. The Balaban J connectivity index is 0.00000312. The van der Waals surface area contributed by atoms with Gasteiger partial charge in [-0.2, -0.15) is 0 Å². The second-order valence-corrected chi connectivity index (χ2v) is 6.92. The zero-order chi connectivity index (χ0) is 17.4.